The maximum Gasteiger partial charge on any atom is 0.178 e. The van der Waals surface area contributed by atoms with Crippen molar-refractivity contribution in [2.75, 3.05) is 18.6 Å². The van der Waals surface area contributed by atoms with Crippen molar-refractivity contribution in [3.05, 3.63) is 53.5 Å². The summed E-state index contributed by atoms with van der Waals surface area (Å²) in [5.74, 6) is 0.843. The smallest absolute Gasteiger partial charge is 0.178 e. The highest BCUT2D eigenvalue weighted by atomic mass is 16.5. The van der Waals surface area contributed by atoms with E-state index >= 15 is 0 Å². The lowest BCUT2D eigenvalue weighted by atomic mass is 10.2. The fourth-order valence-electron chi connectivity index (χ4n) is 2.70. The van der Waals surface area contributed by atoms with E-state index in [-0.39, 0.29) is 0 Å². The highest BCUT2D eigenvalue weighted by molar-refractivity contribution is 5.70. The molecular formula is C18H19N5O. The Kier molecular flexibility index (Phi) is 4.34. The van der Waals surface area contributed by atoms with E-state index in [9.17, 15) is 5.26 Å². The third-order valence-corrected chi connectivity index (χ3v) is 3.94. The molecule has 24 heavy (non-hydrogen) atoms. The first-order valence-corrected chi connectivity index (χ1v) is 7.79. The lowest BCUT2D eigenvalue weighted by Crippen LogP contribution is -2.23. The Bertz CT molecular complexity index is 892. The molecule has 3 aromatic rings. The predicted molar refractivity (Wildman–Crippen MR) is 92.2 cm³/mol. The average Bonchev–Trinajstić information content (AvgIpc) is 3.02. The molecule has 6 nitrogen and oxygen atoms in total. The monoisotopic (exact) mass is 321 g/mol. The zero-order chi connectivity index (χ0) is 17.1. The fourth-order valence-corrected chi connectivity index (χ4v) is 2.70. The summed E-state index contributed by atoms with van der Waals surface area (Å²) in [7, 11) is 1.66. The van der Waals surface area contributed by atoms with Crippen LogP contribution in [0.3, 0.4) is 0 Å². The van der Waals surface area contributed by atoms with E-state index in [1.165, 1.54) is 5.56 Å². The molecule has 0 radical (unpaired) electrons. The molecule has 6 heteroatoms. The van der Waals surface area contributed by atoms with Crippen molar-refractivity contribution in [3.8, 4) is 11.8 Å². The van der Waals surface area contributed by atoms with Crippen molar-refractivity contribution in [2.24, 2.45) is 0 Å². The number of hydrogen-bond donors (Lipinski definition) is 0. The molecule has 0 saturated carbocycles. The van der Waals surface area contributed by atoms with E-state index in [1.54, 1.807) is 17.8 Å². The van der Waals surface area contributed by atoms with Gasteiger partial charge in [0, 0.05) is 13.1 Å². The van der Waals surface area contributed by atoms with Crippen molar-refractivity contribution in [1.82, 2.24) is 14.6 Å². The molecule has 0 aliphatic heterocycles. The quantitative estimate of drug-likeness (QED) is 0.723. The van der Waals surface area contributed by atoms with Gasteiger partial charge in [-0.05, 0) is 37.6 Å². The van der Waals surface area contributed by atoms with Gasteiger partial charge in [-0.3, -0.25) is 0 Å². The van der Waals surface area contributed by atoms with Crippen LogP contribution in [-0.4, -0.2) is 28.3 Å². The van der Waals surface area contributed by atoms with E-state index in [2.05, 4.69) is 40.1 Å². The first kappa shape index (κ1) is 15.8. The molecule has 0 fully saturated rings. The van der Waals surface area contributed by atoms with Crippen LogP contribution in [-0.2, 0) is 6.54 Å². The fraction of sp³-hybridized carbons (Fsp3) is 0.278. The van der Waals surface area contributed by atoms with E-state index in [0.717, 1.165) is 30.2 Å². The lowest BCUT2D eigenvalue weighted by Gasteiger charge is -2.24. The number of benzene rings is 1. The molecule has 0 spiro atoms. The van der Waals surface area contributed by atoms with Crippen LogP contribution < -0.4 is 9.64 Å². The van der Waals surface area contributed by atoms with E-state index < -0.39 is 0 Å². The van der Waals surface area contributed by atoms with Crippen molar-refractivity contribution in [3.63, 3.8) is 0 Å². The summed E-state index contributed by atoms with van der Waals surface area (Å²) in [5, 5.41) is 13.6. The number of nitriles is 1. The van der Waals surface area contributed by atoms with Gasteiger partial charge < -0.3 is 9.64 Å². The first-order chi connectivity index (χ1) is 11.7. The third-order valence-electron chi connectivity index (χ3n) is 3.94. The van der Waals surface area contributed by atoms with Gasteiger partial charge in [0.25, 0.3) is 0 Å². The number of aromatic nitrogens is 3. The minimum Gasteiger partial charge on any atom is -0.497 e. The van der Waals surface area contributed by atoms with Crippen LogP contribution in [0.1, 0.15) is 23.9 Å². The van der Waals surface area contributed by atoms with Gasteiger partial charge in [-0.25, -0.2) is 9.50 Å². The van der Waals surface area contributed by atoms with Crippen molar-refractivity contribution in [2.45, 2.75) is 20.4 Å². The van der Waals surface area contributed by atoms with Crippen LogP contribution in [0, 0.1) is 18.3 Å². The standard InChI is InChI=1S/C18H19N5O/c1-4-22(12-14-5-7-16(24-3)8-6-14)17-9-13(2)21-23-15(10-19)11-20-18(17)23/h5-9,11H,4,12H2,1-3H3. The van der Waals surface area contributed by atoms with E-state index in [1.807, 2.05) is 25.1 Å². The molecule has 0 N–H and O–H groups in total. The van der Waals surface area contributed by atoms with Gasteiger partial charge in [-0.15, -0.1) is 0 Å². The Morgan fingerprint density at radius 1 is 1.29 bits per heavy atom. The Hall–Kier alpha value is -3.07. The molecule has 0 saturated heterocycles. The second-order valence-electron chi connectivity index (χ2n) is 5.52. The Balaban J connectivity index is 1.99. The number of fused-ring (bicyclic) bond motifs is 1. The van der Waals surface area contributed by atoms with Gasteiger partial charge in [0.15, 0.2) is 11.3 Å². The Morgan fingerprint density at radius 3 is 2.67 bits per heavy atom. The number of methoxy groups -OCH3 is 1. The van der Waals surface area contributed by atoms with E-state index in [0.29, 0.717) is 11.3 Å². The summed E-state index contributed by atoms with van der Waals surface area (Å²) in [6, 6.07) is 12.2. The van der Waals surface area contributed by atoms with Crippen molar-refractivity contribution < 1.29 is 4.74 Å². The summed E-state index contributed by atoms with van der Waals surface area (Å²) in [6.07, 6.45) is 1.56. The minimum absolute atomic E-state index is 0.440. The SMILES string of the molecule is CCN(Cc1ccc(OC)cc1)c1cc(C)nn2c(C#N)cnc12. The second kappa shape index (κ2) is 6.59. The molecule has 0 bridgehead atoms. The highest BCUT2D eigenvalue weighted by Crippen LogP contribution is 2.24. The van der Waals surface area contributed by atoms with Gasteiger partial charge in [0.1, 0.15) is 11.8 Å². The maximum atomic E-state index is 9.21. The molecule has 0 amide bonds. The maximum absolute atomic E-state index is 9.21. The summed E-state index contributed by atoms with van der Waals surface area (Å²) in [5.41, 5.74) is 4.14. The molecule has 0 aliphatic carbocycles. The molecule has 1 aromatic carbocycles. The van der Waals surface area contributed by atoms with Gasteiger partial charge in [0.05, 0.1) is 24.7 Å². The molecule has 3 rings (SSSR count). The summed E-state index contributed by atoms with van der Waals surface area (Å²) >= 11 is 0. The Labute approximate surface area is 140 Å². The van der Waals surface area contributed by atoms with Gasteiger partial charge in [0.2, 0.25) is 0 Å². The number of rotatable bonds is 5. The van der Waals surface area contributed by atoms with Crippen molar-refractivity contribution >= 4 is 11.3 Å². The summed E-state index contributed by atoms with van der Waals surface area (Å²) in [6.45, 7) is 5.59. The lowest BCUT2D eigenvalue weighted by molar-refractivity contribution is 0.414. The third kappa shape index (κ3) is 2.88. The van der Waals surface area contributed by atoms with E-state index in [4.69, 9.17) is 4.74 Å². The topological polar surface area (TPSA) is 66.5 Å². The number of imidazole rings is 1. The molecular weight excluding hydrogens is 302 g/mol. The van der Waals surface area contributed by atoms with Gasteiger partial charge in [-0.1, -0.05) is 12.1 Å². The molecule has 2 aromatic heterocycles. The molecule has 0 unspecified atom stereocenters. The van der Waals surface area contributed by atoms with Crippen LogP contribution in [0.2, 0.25) is 0 Å². The molecule has 2 heterocycles. The number of ether oxygens (including phenoxy) is 1. The molecule has 122 valence electrons. The number of anilines is 1. The van der Waals surface area contributed by atoms with Crippen LogP contribution in [0.25, 0.3) is 5.65 Å². The van der Waals surface area contributed by atoms with Crippen LogP contribution in [0.4, 0.5) is 5.69 Å². The predicted octanol–water partition coefficient (Wildman–Crippen LogP) is 2.94. The normalized spacial score (nSPS) is 10.6. The number of hydrogen-bond acceptors (Lipinski definition) is 5. The molecule has 0 atom stereocenters. The average molecular weight is 321 g/mol. The first-order valence-electron chi connectivity index (χ1n) is 7.79. The van der Waals surface area contributed by atoms with Crippen LogP contribution >= 0.6 is 0 Å². The number of aryl methyl sites for hydroxylation is 1. The zero-order valence-corrected chi connectivity index (χ0v) is 14.0. The van der Waals surface area contributed by atoms with Gasteiger partial charge in [-0.2, -0.15) is 10.4 Å². The zero-order valence-electron chi connectivity index (χ0n) is 14.0. The largest absolute Gasteiger partial charge is 0.497 e. The highest BCUT2D eigenvalue weighted by Gasteiger charge is 2.15. The summed E-state index contributed by atoms with van der Waals surface area (Å²) < 4.78 is 6.82. The minimum atomic E-state index is 0.440. The number of nitrogens with zero attached hydrogens (tertiary/aromatic N) is 5. The Morgan fingerprint density at radius 2 is 2.04 bits per heavy atom. The second-order valence-corrected chi connectivity index (χ2v) is 5.52. The summed E-state index contributed by atoms with van der Waals surface area (Å²) in [4.78, 5) is 6.61. The van der Waals surface area contributed by atoms with Crippen LogP contribution in [0.15, 0.2) is 36.5 Å². The van der Waals surface area contributed by atoms with Gasteiger partial charge >= 0.3 is 0 Å². The van der Waals surface area contributed by atoms with Crippen molar-refractivity contribution in [1.29, 1.82) is 5.26 Å². The molecule has 0 aliphatic rings. The van der Waals surface area contributed by atoms with Crippen LogP contribution in [0.5, 0.6) is 5.75 Å².